The Morgan fingerprint density at radius 3 is 1.21 bits per heavy atom. The number of nitrogens with two attached hydrogens (primary N) is 2. The number of aromatic nitrogens is 8. The van der Waals surface area contributed by atoms with Crippen LogP contribution in [0.5, 0.6) is 5.75 Å². The standard InChI is InChI=1S/C64H102N14O35P6/c1-61(2,40(79)18-24-67-42(81)20-26-69-57(88)51(86)63(5,6)30-106-118(100,101)112-116(96,97)104-28-38-49(110-114(90,91)92)47(84)59(108-38)77-34-75-44-53(65)71-32-73-55(44)77)22-11-9-14-36-16-13-17-37(46(36)83)15-10-12-23-62(3,4)41(80)19-25-68-43(82)21-27-70-58(89)52(87)64(7,8)31-107-119(102,103)113-117(98,99)105-29-39-50(111-115(93,94)95)48(85)60(109-39)78-35-76-45-54(66)72-33-74-56(45)78/h13,16-17,32-35,38-39,47-52,59-60,83-87H,9-12,14-15,18-31H2,1-8H3,(H,67,81)(H,68,82)(H,69,88)(H,70,89)(H,96,97)(H,98,99)(H,100,101)(H,102,103)(H2,65,71,73)(H2,66,72,74)(H2,90,91,92)(H2,93,94,95)/p-8. The third-order valence-corrected chi connectivity index (χ3v) is 25.2. The number of aliphatic hydroxyl groups excluding tert-OH is 4. The number of carbonyl (C=O) groups is 6. The number of nitrogens with zero attached hydrogens (tertiary/aromatic N) is 8. The molecular weight excluding hydrogens is 1710 g/mol. The number of phosphoric ester groups is 6. The van der Waals surface area contributed by atoms with Gasteiger partial charge in [-0.15, -0.1) is 0 Å². The van der Waals surface area contributed by atoms with E-state index in [0.717, 1.165) is 62.1 Å². The lowest BCUT2D eigenvalue weighted by atomic mass is 9.81. The van der Waals surface area contributed by atoms with Crippen LogP contribution in [0.15, 0.2) is 43.5 Å². The van der Waals surface area contributed by atoms with Crippen molar-refractivity contribution in [3.63, 3.8) is 0 Å². The van der Waals surface area contributed by atoms with Gasteiger partial charge >= 0.3 is 0 Å². The Labute approximate surface area is 679 Å². The summed E-state index contributed by atoms with van der Waals surface area (Å²) in [6.45, 7) is 6.19. The molecule has 0 radical (unpaired) electrons. The van der Waals surface area contributed by atoms with E-state index in [1.807, 2.05) is 6.07 Å². The highest BCUT2D eigenvalue weighted by molar-refractivity contribution is 7.60. The van der Waals surface area contributed by atoms with E-state index in [9.17, 15) is 121 Å². The van der Waals surface area contributed by atoms with E-state index in [1.165, 1.54) is 0 Å². The number of unbranched alkanes of at least 4 members (excludes halogenated alkanes) is 2. The zero-order valence-corrected chi connectivity index (χ0v) is 70.7. The van der Waals surface area contributed by atoms with Crippen LogP contribution in [-0.4, -0.2) is 201 Å². The van der Waals surface area contributed by atoms with Gasteiger partial charge in [0.1, 0.15) is 89.8 Å². The van der Waals surface area contributed by atoms with Gasteiger partial charge in [-0.1, -0.05) is 86.4 Å². The highest BCUT2D eigenvalue weighted by Crippen LogP contribution is 2.58. The van der Waals surface area contributed by atoms with Crippen LogP contribution in [0.2, 0.25) is 0 Å². The van der Waals surface area contributed by atoms with Crippen molar-refractivity contribution in [1.82, 2.24) is 60.3 Å². The number of phosphoric acid groups is 6. The van der Waals surface area contributed by atoms with Crippen molar-refractivity contribution in [1.29, 1.82) is 0 Å². The van der Waals surface area contributed by atoms with E-state index in [0.29, 0.717) is 62.5 Å². The average Bonchev–Trinajstić information content (AvgIpc) is 1.62. The Morgan fingerprint density at radius 1 is 0.513 bits per heavy atom. The molecule has 5 aromatic rings. The molecule has 14 atom stereocenters. The molecule has 119 heavy (non-hydrogen) atoms. The maximum absolute atomic E-state index is 13.3. The number of carbonyl (C=O) groups excluding carboxylic acids is 6. The molecule has 0 aliphatic carbocycles. The number of hydrogen-bond donors (Lipinski definition) is 11. The third kappa shape index (κ3) is 29.3. The van der Waals surface area contributed by atoms with Crippen molar-refractivity contribution < 1.29 is 166 Å². The van der Waals surface area contributed by atoms with E-state index >= 15 is 0 Å². The number of amides is 4. The van der Waals surface area contributed by atoms with Crippen molar-refractivity contribution in [2.75, 3.05) is 64.1 Å². The topological polar surface area (TPSA) is 770 Å². The van der Waals surface area contributed by atoms with Crippen LogP contribution in [0.4, 0.5) is 11.6 Å². The third-order valence-electron chi connectivity index (χ3n) is 19.2. The first-order chi connectivity index (χ1) is 55.0. The first-order valence-electron chi connectivity index (χ1n) is 36.5. The number of imidazole rings is 2. The molecule has 0 bridgehead atoms. The number of benzene rings is 1. The number of rotatable bonds is 50. The molecule has 2 aliphatic rings. The molecule has 4 aromatic heterocycles. The number of aliphatic hydroxyl groups is 4. The Bertz CT molecular complexity index is 4420. The maximum Gasteiger partial charge on any atom is 0.274 e. The molecule has 4 amide bonds. The Balaban J connectivity index is 0.716. The van der Waals surface area contributed by atoms with Crippen molar-refractivity contribution in [3.05, 3.63) is 54.6 Å². The summed E-state index contributed by atoms with van der Waals surface area (Å²) < 4.78 is 123. The summed E-state index contributed by atoms with van der Waals surface area (Å²) in [5.74, 6) is -3.70. The molecule has 0 spiro atoms. The van der Waals surface area contributed by atoms with Gasteiger partial charge in [-0.2, -0.15) is 0 Å². The van der Waals surface area contributed by atoms with Gasteiger partial charge in [0.2, 0.25) is 23.6 Å². The summed E-state index contributed by atoms with van der Waals surface area (Å²) >= 11 is 0. The Morgan fingerprint density at radius 2 is 0.857 bits per heavy atom. The molecular formula is C64H94N14O35P6-8. The number of aromatic hydroxyl groups is 1. The van der Waals surface area contributed by atoms with Gasteiger partial charge in [0.25, 0.3) is 31.3 Å². The van der Waals surface area contributed by atoms with E-state index in [4.69, 9.17) is 20.9 Å². The summed E-state index contributed by atoms with van der Waals surface area (Å²) in [5.41, 5.74) is 7.72. The summed E-state index contributed by atoms with van der Waals surface area (Å²) in [7, 11) is -35.7. The Hall–Kier alpha value is -6.56. The average molecular weight is 1810 g/mol. The molecule has 2 aliphatic heterocycles. The van der Waals surface area contributed by atoms with Crippen molar-refractivity contribution >= 4 is 116 Å². The van der Waals surface area contributed by atoms with Crippen LogP contribution < -0.4 is 71.9 Å². The largest absolute Gasteiger partial charge is 0.790 e. The van der Waals surface area contributed by atoms with Gasteiger partial charge in [-0.25, -0.2) is 38.5 Å². The van der Waals surface area contributed by atoms with Crippen LogP contribution in [-0.2, 0) is 114 Å². The monoisotopic (exact) mass is 1800 g/mol. The first-order valence-corrected chi connectivity index (χ1v) is 45.3. The second kappa shape index (κ2) is 41.3. The number of nitrogens with one attached hydrogen (secondary N) is 4. The van der Waals surface area contributed by atoms with Crippen molar-refractivity contribution in [2.45, 2.75) is 194 Å². The number of ether oxygens (including phenoxy) is 2. The van der Waals surface area contributed by atoms with Gasteiger partial charge in [0.15, 0.2) is 35.4 Å². The van der Waals surface area contributed by atoms with Gasteiger partial charge in [-0.05, 0) is 49.7 Å². The minimum absolute atomic E-state index is 0.0112. The lowest BCUT2D eigenvalue weighted by molar-refractivity contribution is -0.348. The van der Waals surface area contributed by atoms with Gasteiger partial charge in [-0.3, -0.25) is 56.2 Å². The molecule has 0 saturated carbocycles. The molecule has 668 valence electrons. The molecule has 7 rings (SSSR count). The molecule has 2 fully saturated rings. The molecule has 14 unspecified atom stereocenters. The fourth-order valence-corrected chi connectivity index (χ4v) is 17.7. The van der Waals surface area contributed by atoms with Crippen LogP contribution in [0.3, 0.4) is 0 Å². The zero-order chi connectivity index (χ0) is 88.8. The number of nitrogen functional groups attached to an aromatic ring is 2. The highest BCUT2D eigenvalue weighted by atomic mass is 31.3. The van der Waals surface area contributed by atoms with Gasteiger partial charge in [0, 0.05) is 73.5 Å². The molecule has 2 saturated heterocycles. The van der Waals surface area contributed by atoms with Crippen molar-refractivity contribution in [3.8, 4) is 5.75 Å². The number of para-hydroxylation sites is 1. The van der Waals surface area contributed by atoms with E-state index < -0.39 is 180 Å². The smallest absolute Gasteiger partial charge is 0.274 e. The number of phenols is 1. The second-order valence-corrected chi connectivity index (χ2v) is 38.5. The van der Waals surface area contributed by atoms with E-state index in [2.05, 4.69) is 86.9 Å². The Kier molecular flexibility index (Phi) is 34.5. The van der Waals surface area contributed by atoms with Crippen molar-refractivity contribution in [2.24, 2.45) is 21.7 Å². The number of ketones is 2. The lowest BCUT2D eigenvalue weighted by Gasteiger charge is -2.36. The fourth-order valence-electron chi connectivity index (χ4n) is 12.2. The highest BCUT2D eigenvalue weighted by Gasteiger charge is 2.50. The molecule has 49 nitrogen and oxygen atoms in total. The summed E-state index contributed by atoms with van der Waals surface area (Å²) in [4.78, 5) is 198. The number of hydrogen-bond acceptors (Lipinski definition) is 43. The summed E-state index contributed by atoms with van der Waals surface area (Å²) in [6.07, 6.45) is -11.8. The normalized spacial score (nSPS) is 21.5. The van der Waals surface area contributed by atoms with Crippen LogP contribution in [0.1, 0.15) is 143 Å². The summed E-state index contributed by atoms with van der Waals surface area (Å²) in [6, 6.07) is 5.43. The fraction of sp³-hybridized carbons (Fsp3) is 0.656. The van der Waals surface area contributed by atoms with Gasteiger partial charge in [0.05, 0.1) is 54.7 Å². The van der Waals surface area contributed by atoms with Gasteiger partial charge < -0.3 is 143 Å². The summed E-state index contributed by atoms with van der Waals surface area (Å²) in [5, 5.41) is 64.4. The van der Waals surface area contributed by atoms with E-state index in [1.54, 1.807) is 39.8 Å². The number of Topliss-reactive ketones (excluding diaryl/α,β-unsaturated/α-hetero) is 2. The first kappa shape index (κ1) is 99.5. The maximum atomic E-state index is 13.3. The molecule has 55 heteroatoms. The number of aryl methyl sites for hydroxylation is 2. The second-order valence-electron chi connectivity index (χ2n) is 30.4. The number of anilines is 2. The molecule has 6 heterocycles. The zero-order valence-electron chi connectivity index (χ0n) is 65.4. The SMILES string of the molecule is CC(C)(CCCCc1cccc(CCCCC(C)(C)C(=O)CCNC(=O)CCNC(=O)C(O)C(C)(C)COP(=O)([O-])OP(=O)([O-])OCC2OC(n3cnc4c(N)ncnc43)C(O)C2OP(=O)([O-])[O-])c1O)C(=O)CCNC(=O)CCNC(=O)C(O)C(C)(C)COP(=O)([O-])OP(=O)([O-])OCC1OC(n2cnc3c(N)ncnc32)C(O)C1OP(=O)([O-])[O-]. The van der Waals surface area contributed by atoms with Crippen LogP contribution in [0, 0.1) is 21.7 Å². The predicted octanol–water partition coefficient (Wildman–Crippen LogP) is -3.43. The number of fused-ring (bicyclic) bond motifs is 2. The van der Waals surface area contributed by atoms with Crippen LogP contribution >= 0.6 is 46.9 Å². The van der Waals surface area contributed by atoms with E-state index in [-0.39, 0.29) is 103 Å². The minimum atomic E-state index is -6.00. The predicted molar refractivity (Wildman–Crippen MR) is 392 cm³/mol. The molecule has 13 N–H and O–H groups in total. The minimum Gasteiger partial charge on any atom is -0.790 e. The quantitative estimate of drug-likeness (QED) is 0.0133. The lowest BCUT2D eigenvalue weighted by Crippen LogP contribution is -2.46. The van der Waals surface area contributed by atoms with Crippen LogP contribution in [0.25, 0.3) is 22.3 Å². The molecule has 1 aromatic carbocycles. The number of phenolic OH excluding ortho intramolecular Hbond substituents is 1.